The number of rotatable bonds is 3. The van der Waals surface area contributed by atoms with Gasteiger partial charge in [-0.2, -0.15) is 9.97 Å². The zero-order chi connectivity index (χ0) is 29.0. The van der Waals surface area contributed by atoms with E-state index in [1.54, 1.807) is 0 Å². The van der Waals surface area contributed by atoms with Crippen molar-refractivity contribution in [2.75, 3.05) is 4.90 Å². The summed E-state index contributed by atoms with van der Waals surface area (Å²) in [6, 6.07) is 49.8. The molecule has 3 heterocycles. The highest BCUT2D eigenvalue weighted by Gasteiger charge is 2.32. The molecule has 0 radical (unpaired) electrons. The number of para-hydroxylation sites is 3. The largest absolute Gasteiger partial charge is 0.277 e. The summed E-state index contributed by atoms with van der Waals surface area (Å²) in [7, 11) is 0. The van der Waals surface area contributed by atoms with Crippen LogP contribution in [0.5, 0.6) is 0 Å². The van der Waals surface area contributed by atoms with Gasteiger partial charge < -0.3 is 0 Å². The second-order valence-corrected chi connectivity index (χ2v) is 10.8. The third kappa shape index (κ3) is 3.75. The van der Waals surface area contributed by atoms with Crippen molar-refractivity contribution in [3.05, 3.63) is 146 Å². The molecule has 6 aromatic carbocycles. The fraction of sp³-hybridized carbons (Fsp3) is 0. The lowest BCUT2D eigenvalue weighted by Crippen LogP contribution is -2.18. The molecule has 2 aromatic heterocycles. The molecule has 0 amide bonds. The number of benzene rings is 6. The molecule has 206 valence electrons. The fourth-order valence-corrected chi connectivity index (χ4v) is 6.21. The predicted octanol–water partition coefficient (Wildman–Crippen LogP) is 9.15. The van der Waals surface area contributed by atoms with Gasteiger partial charge in [-0.1, -0.05) is 121 Å². The highest BCUT2D eigenvalue weighted by molar-refractivity contribution is 6.08. The zero-order valence-corrected chi connectivity index (χ0v) is 23.5. The number of imidazole rings is 1. The van der Waals surface area contributed by atoms with Crippen molar-refractivity contribution < 1.29 is 0 Å². The van der Waals surface area contributed by atoms with Crippen molar-refractivity contribution in [2.24, 2.45) is 0 Å². The van der Waals surface area contributed by atoms with Gasteiger partial charge in [0.15, 0.2) is 11.6 Å². The smallest absolute Gasteiger partial charge is 0.241 e. The zero-order valence-electron chi connectivity index (χ0n) is 23.5. The third-order valence-electron chi connectivity index (χ3n) is 8.19. The fourth-order valence-electron chi connectivity index (χ4n) is 6.21. The Hall–Kier alpha value is -6.14. The van der Waals surface area contributed by atoms with Crippen LogP contribution in [-0.2, 0) is 0 Å². The minimum Gasteiger partial charge on any atom is -0.277 e. The molecule has 0 atom stereocenters. The van der Waals surface area contributed by atoms with E-state index in [0.29, 0.717) is 17.6 Å². The average Bonchev–Trinajstić information content (AvgIpc) is 3.42. The van der Waals surface area contributed by atoms with E-state index in [2.05, 4.69) is 88.3 Å². The predicted molar refractivity (Wildman–Crippen MR) is 177 cm³/mol. The average molecular weight is 565 g/mol. The molecule has 0 aliphatic carbocycles. The van der Waals surface area contributed by atoms with E-state index in [4.69, 9.17) is 19.9 Å². The summed E-state index contributed by atoms with van der Waals surface area (Å²) in [6.45, 7) is 0. The molecule has 0 N–H and O–H groups in total. The second-order valence-electron chi connectivity index (χ2n) is 10.8. The van der Waals surface area contributed by atoms with Crippen LogP contribution >= 0.6 is 0 Å². The summed E-state index contributed by atoms with van der Waals surface area (Å²) in [5, 5.41) is 2.31. The molecular formula is C38H24N6. The van der Waals surface area contributed by atoms with Crippen LogP contribution in [0.15, 0.2) is 146 Å². The normalized spacial score (nSPS) is 12.0. The van der Waals surface area contributed by atoms with Crippen LogP contribution in [0.4, 0.5) is 17.6 Å². The maximum absolute atomic E-state index is 5.24. The van der Waals surface area contributed by atoms with Gasteiger partial charge in [-0.3, -0.25) is 4.57 Å². The standard InChI is InChI=1S/C38H24N6/c1-3-14-26(15-4-1)35-40-36(27-16-5-2-6-17-27)42-37(41-35)44-33-24-23-25-13-7-8-18-28(25)34(33)29-19-9-11-21-31(29)43-32-22-12-10-20-30(32)39-38(43)44/h1-24H. The molecule has 1 aliphatic heterocycles. The quantitative estimate of drug-likeness (QED) is 0.214. The summed E-state index contributed by atoms with van der Waals surface area (Å²) in [5.74, 6) is 2.41. The molecule has 44 heavy (non-hydrogen) atoms. The van der Waals surface area contributed by atoms with Gasteiger partial charge in [-0.25, -0.2) is 14.9 Å². The Labute approximate surface area is 253 Å². The Balaban J connectivity index is 1.43. The lowest BCUT2D eigenvalue weighted by Gasteiger charge is -2.24. The maximum Gasteiger partial charge on any atom is 0.241 e. The number of anilines is 3. The molecule has 1 aliphatic rings. The van der Waals surface area contributed by atoms with Gasteiger partial charge in [0.25, 0.3) is 0 Å². The van der Waals surface area contributed by atoms with Gasteiger partial charge in [-0.05, 0) is 35.0 Å². The minimum atomic E-state index is 0.499. The van der Waals surface area contributed by atoms with Gasteiger partial charge in [0.2, 0.25) is 11.9 Å². The van der Waals surface area contributed by atoms with Crippen molar-refractivity contribution in [1.29, 1.82) is 0 Å². The van der Waals surface area contributed by atoms with E-state index < -0.39 is 0 Å². The number of aromatic nitrogens is 5. The summed E-state index contributed by atoms with van der Waals surface area (Å²) < 4.78 is 2.23. The van der Waals surface area contributed by atoms with Crippen molar-refractivity contribution in [2.45, 2.75) is 0 Å². The first-order valence-corrected chi connectivity index (χ1v) is 14.6. The first-order valence-electron chi connectivity index (χ1n) is 14.6. The molecule has 0 unspecified atom stereocenters. The Morgan fingerprint density at radius 2 is 1.09 bits per heavy atom. The highest BCUT2D eigenvalue weighted by Crippen LogP contribution is 2.49. The van der Waals surface area contributed by atoms with Crippen LogP contribution in [0, 0.1) is 0 Å². The molecule has 8 aromatic rings. The summed E-state index contributed by atoms with van der Waals surface area (Å²) >= 11 is 0. The van der Waals surface area contributed by atoms with Crippen molar-refractivity contribution in [3.63, 3.8) is 0 Å². The van der Waals surface area contributed by atoms with Gasteiger partial charge in [0.1, 0.15) is 0 Å². The van der Waals surface area contributed by atoms with Gasteiger partial charge in [0.05, 0.1) is 22.4 Å². The Morgan fingerprint density at radius 3 is 1.86 bits per heavy atom. The van der Waals surface area contributed by atoms with Crippen molar-refractivity contribution >= 4 is 39.4 Å². The van der Waals surface area contributed by atoms with Crippen LogP contribution < -0.4 is 4.90 Å². The van der Waals surface area contributed by atoms with E-state index >= 15 is 0 Å². The van der Waals surface area contributed by atoms with Crippen LogP contribution in [0.1, 0.15) is 0 Å². The first kappa shape index (κ1) is 24.5. The summed E-state index contributed by atoms with van der Waals surface area (Å²) in [5.41, 5.74) is 7.97. The van der Waals surface area contributed by atoms with E-state index in [0.717, 1.165) is 61.4 Å². The van der Waals surface area contributed by atoms with Crippen molar-refractivity contribution in [3.8, 4) is 39.6 Å². The van der Waals surface area contributed by atoms with Crippen LogP contribution in [0.3, 0.4) is 0 Å². The maximum atomic E-state index is 5.24. The highest BCUT2D eigenvalue weighted by atomic mass is 15.4. The van der Waals surface area contributed by atoms with Crippen LogP contribution in [0.2, 0.25) is 0 Å². The number of fused-ring (bicyclic) bond motifs is 9. The van der Waals surface area contributed by atoms with Crippen molar-refractivity contribution in [1.82, 2.24) is 24.5 Å². The molecular weight excluding hydrogens is 540 g/mol. The molecule has 0 fully saturated rings. The molecule has 0 bridgehead atoms. The number of nitrogens with zero attached hydrogens (tertiary/aromatic N) is 6. The number of hydrogen-bond acceptors (Lipinski definition) is 5. The van der Waals surface area contributed by atoms with Gasteiger partial charge in [-0.15, -0.1) is 0 Å². The van der Waals surface area contributed by atoms with E-state index in [9.17, 15) is 0 Å². The number of hydrogen-bond donors (Lipinski definition) is 0. The Bertz CT molecular complexity index is 2290. The molecule has 6 nitrogen and oxygen atoms in total. The Morgan fingerprint density at radius 1 is 0.455 bits per heavy atom. The third-order valence-corrected chi connectivity index (χ3v) is 8.19. The van der Waals surface area contributed by atoms with Gasteiger partial charge >= 0.3 is 0 Å². The lowest BCUT2D eigenvalue weighted by atomic mass is 9.95. The molecule has 0 saturated heterocycles. The molecule has 0 spiro atoms. The summed E-state index contributed by atoms with van der Waals surface area (Å²) in [4.78, 5) is 22.6. The lowest BCUT2D eigenvalue weighted by molar-refractivity contribution is 0.974. The first-order chi connectivity index (χ1) is 21.8. The van der Waals surface area contributed by atoms with E-state index in [1.165, 1.54) is 0 Å². The Kier molecular flexibility index (Phi) is 5.40. The monoisotopic (exact) mass is 564 g/mol. The molecule has 6 heteroatoms. The van der Waals surface area contributed by atoms with E-state index in [1.807, 2.05) is 66.7 Å². The molecule has 0 saturated carbocycles. The van der Waals surface area contributed by atoms with Crippen LogP contribution in [-0.4, -0.2) is 24.5 Å². The molecule has 9 rings (SSSR count). The minimum absolute atomic E-state index is 0.499. The SMILES string of the molecule is c1ccc(-c2nc(-c3ccccc3)nc(N3c4ccc5ccccc5c4-c4ccccc4-n4c3nc3ccccc34)n2)cc1. The topological polar surface area (TPSA) is 59.7 Å². The second kappa shape index (κ2) is 9.71. The van der Waals surface area contributed by atoms with E-state index in [-0.39, 0.29) is 0 Å². The van der Waals surface area contributed by atoms with Crippen LogP contribution in [0.25, 0.3) is 61.4 Å². The summed E-state index contributed by atoms with van der Waals surface area (Å²) in [6.07, 6.45) is 0. The van der Waals surface area contributed by atoms with Gasteiger partial charge in [0, 0.05) is 22.3 Å².